The Morgan fingerprint density at radius 2 is 2.00 bits per heavy atom. The molecule has 5 heteroatoms. The third kappa shape index (κ3) is 2.42. The van der Waals surface area contributed by atoms with Gasteiger partial charge in [0, 0.05) is 0 Å². The van der Waals surface area contributed by atoms with Crippen LogP contribution in [0.3, 0.4) is 0 Å². The van der Waals surface area contributed by atoms with Crippen LogP contribution in [-0.4, -0.2) is 19.4 Å². The zero-order valence-corrected chi connectivity index (χ0v) is 6.65. The molecule has 11 heavy (non-hydrogen) atoms. The first-order chi connectivity index (χ1) is 4.92. The van der Waals surface area contributed by atoms with Gasteiger partial charge in [0.2, 0.25) is 0 Å². The van der Waals surface area contributed by atoms with Gasteiger partial charge in [-0.3, -0.25) is 9.63 Å². The number of halogens is 2. The van der Waals surface area contributed by atoms with Crippen molar-refractivity contribution in [2.24, 2.45) is 5.41 Å². The molecule has 0 aromatic carbocycles. The summed E-state index contributed by atoms with van der Waals surface area (Å²) in [6.45, 7) is 2.29. The summed E-state index contributed by atoms with van der Waals surface area (Å²) in [6, 6.07) is 0. The molecule has 0 aliphatic heterocycles. The third-order valence-corrected chi connectivity index (χ3v) is 1.33. The molecule has 0 unspecified atom stereocenters. The second kappa shape index (κ2) is 3.61. The average Bonchev–Trinajstić information content (AvgIpc) is 1.88. The van der Waals surface area contributed by atoms with Crippen molar-refractivity contribution in [3.8, 4) is 0 Å². The maximum absolute atomic E-state index is 12.1. The average molecular weight is 167 g/mol. The fourth-order valence-electron chi connectivity index (χ4n) is 0.323. The summed E-state index contributed by atoms with van der Waals surface area (Å²) in [5.74, 6) is -0.824. The standard InChI is InChI=1S/C6H11F2NO2/c1-6(2,4(7)8)5(10)9-11-3/h4H,1-3H3,(H,9,10). The fourth-order valence-corrected chi connectivity index (χ4v) is 0.323. The highest BCUT2D eigenvalue weighted by Gasteiger charge is 2.37. The minimum absolute atomic E-state index is 0.824. The van der Waals surface area contributed by atoms with Crippen LogP contribution in [0.5, 0.6) is 0 Å². The molecule has 1 N–H and O–H groups in total. The highest BCUT2D eigenvalue weighted by Crippen LogP contribution is 2.24. The minimum atomic E-state index is -2.70. The van der Waals surface area contributed by atoms with Crippen LogP contribution in [0, 0.1) is 5.41 Å². The summed E-state index contributed by atoms with van der Waals surface area (Å²) in [4.78, 5) is 15.0. The Labute approximate surface area is 63.7 Å². The Hall–Kier alpha value is -0.710. The maximum Gasteiger partial charge on any atom is 0.254 e. The van der Waals surface area contributed by atoms with Crippen LogP contribution in [-0.2, 0) is 9.63 Å². The van der Waals surface area contributed by atoms with Crippen LogP contribution in [0.2, 0.25) is 0 Å². The van der Waals surface area contributed by atoms with E-state index in [1.807, 2.05) is 5.48 Å². The lowest BCUT2D eigenvalue weighted by Crippen LogP contribution is -2.41. The van der Waals surface area contributed by atoms with E-state index < -0.39 is 17.7 Å². The van der Waals surface area contributed by atoms with E-state index in [-0.39, 0.29) is 0 Å². The van der Waals surface area contributed by atoms with E-state index in [4.69, 9.17) is 0 Å². The van der Waals surface area contributed by atoms with E-state index in [9.17, 15) is 13.6 Å². The normalized spacial score (nSPS) is 11.8. The molecular weight excluding hydrogens is 156 g/mol. The van der Waals surface area contributed by atoms with Crippen LogP contribution in [0.15, 0.2) is 0 Å². The number of alkyl halides is 2. The molecule has 0 aliphatic rings. The summed E-state index contributed by atoms with van der Waals surface area (Å²) in [7, 11) is 1.19. The Bertz CT molecular complexity index is 148. The van der Waals surface area contributed by atoms with Gasteiger partial charge in [-0.2, -0.15) is 0 Å². The largest absolute Gasteiger partial charge is 0.277 e. The van der Waals surface area contributed by atoms with Crippen molar-refractivity contribution in [3.05, 3.63) is 0 Å². The third-order valence-electron chi connectivity index (χ3n) is 1.33. The minimum Gasteiger partial charge on any atom is -0.277 e. The molecule has 0 atom stereocenters. The van der Waals surface area contributed by atoms with E-state index in [1.165, 1.54) is 7.11 Å². The monoisotopic (exact) mass is 167 g/mol. The highest BCUT2D eigenvalue weighted by molar-refractivity contribution is 5.81. The van der Waals surface area contributed by atoms with E-state index >= 15 is 0 Å². The van der Waals surface area contributed by atoms with Gasteiger partial charge in [0.05, 0.1) is 7.11 Å². The van der Waals surface area contributed by atoms with Gasteiger partial charge in [-0.1, -0.05) is 0 Å². The molecule has 0 saturated heterocycles. The van der Waals surface area contributed by atoms with Crippen molar-refractivity contribution < 1.29 is 18.4 Å². The van der Waals surface area contributed by atoms with E-state index in [2.05, 4.69) is 4.84 Å². The van der Waals surface area contributed by atoms with Crippen molar-refractivity contribution in [2.45, 2.75) is 20.3 Å². The SMILES string of the molecule is CONC(=O)C(C)(C)C(F)F. The number of hydroxylamine groups is 1. The second-order valence-corrected chi connectivity index (χ2v) is 2.66. The van der Waals surface area contributed by atoms with Crippen LogP contribution >= 0.6 is 0 Å². The molecular formula is C6H11F2NO2. The first-order valence-electron chi connectivity index (χ1n) is 3.04. The Morgan fingerprint density at radius 3 is 2.27 bits per heavy atom. The van der Waals surface area contributed by atoms with Gasteiger partial charge in [-0.25, -0.2) is 14.3 Å². The van der Waals surface area contributed by atoms with Crippen LogP contribution in [0.4, 0.5) is 8.78 Å². The molecule has 3 nitrogen and oxygen atoms in total. The molecule has 0 rings (SSSR count). The molecule has 0 radical (unpaired) electrons. The molecule has 0 aromatic rings. The molecule has 66 valence electrons. The van der Waals surface area contributed by atoms with Crippen molar-refractivity contribution in [1.82, 2.24) is 5.48 Å². The Morgan fingerprint density at radius 1 is 1.55 bits per heavy atom. The molecule has 0 aliphatic carbocycles. The summed E-state index contributed by atoms with van der Waals surface area (Å²) < 4.78 is 24.1. The molecule has 0 aromatic heterocycles. The highest BCUT2D eigenvalue weighted by atomic mass is 19.3. The zero-order chi connectivity index (χ0) is 9.07. The Balaban J connectivity index is 4.18. The summed E-state index contributed by atoms with van der Waals surface area (Å²) in [5.41, 5.74) is 0.150. The Kier molecular flexibility index (Phi) is 3.38. The quantitative estimate of drug-likeness (QED) is 0.635. The number of amides is 1. The molecule has 0 saturated carbocycles. The lowest BCUT2D eigenvalue weighted by Gasteiger charge is -2.20. The summed E-state index contributed by atoms with van der Waals surface area (Å²) >= 11 is 0. The number of rotatable bonds is 3. The smallest absolute Gasteiger partial charge is 0.254 e. The lowest BCUT2D eigenvalue weighted by molar-refractivity contribution is -0.148. The topological polar surface area (TPSA) is 38.3 Å². The van der Waals surface area contributed by atoms with Crippen LogP contribution in [0.25, 0.3) is 0 Å². The zero-order valence-electron chi connectivity index (χ0n) is 6.65. The van der Waals surface area contributed by atoms with Gasteiger partial charge < -0.3 is 0 Å². The van der Waals surface area contributed by atoms with Crippen molar-refractivity contribution in [2.75, 3.05) is 7.11 Å². The molecule has 1 amide bonds. The van der Waals surface area contributed by atoms with Crippen LogP contribution < -0.4 is 5.48 Å². The van der Waals surface area contributed by atoms with Crippen molar-refractivity contribution >= 4 is 5.91 Å². The number of hydrogen-bond donors (Lipinski definition) is 1. The van der Waals surface area contributed by atoms with Crippen LogP contribution in [0.1, 0.15) is 13.8 Å². The van der Waals surface area contributed by atoms with Gasteiger partial charge in [0.15, 0.2) is 0 Å². The van der Waals surface area contributed by atoms with E-state index in [0.717, 1.165) is 13.8 Å². The number of hydrogen-bond acceptors (Lipinski definition) is 2. The predicted octanol–water partition coefficient (Wildman–Crippen LogP) is 0.955. The fraction of sp³-hybridized carbons (Fsp3) is 0.833. The van der Waals surface area contributed by atoms with Gasteiger partial charge in [0.1, 0.15) is 5.41 Å². The first kappa shape index (κ1) is 10.3. The number of nitrogens with one attached hydrogen (secondary N) is 1. The van der Waals surface area contributed by atoms with E-state index in [1.54, 1.807) is 0 Å². The maximum atomic E-state index is 12.1. The first-order valence-corrected chi connectivity index (χ1v) is 3.04. The molecule has 0 heterocycles. The van der Waals surface area contributed by atoms with Crippen molar-refractivity contribution in [1.29, 1.82) is 0 Å². The molecule has 0 fully saturated rings. The van der Waals surface area contributed by atoms with Gasteiger partial charge in [-0.05, 0) is 13.8 Å². The summed E-state index contributed by atoms with van der Waals surface area (Å²) in [5, 5.41) is 0. The molecule has 0 spiro atoms. The van der Waals surface area contributed by atoms with Gasteiger partial charge in [0.25, 0.3) is 12.3 Å². The van der Waals surface area contributed by atoms with Gasteiger partial charge >= 0.3 is 0 Å². The van der Waals surface area contributed by atoms with Gasteiger partial charge in [-0.15, -0.1) is 0 Å². The number of carbonyl (C=O) groups excluding carboxylic acids is 1. The number of carbonyl (C=O) groups is 1. The lowest BCUT2D eigenvalue weighted by atomic mass is 9.94. The molecule has 0 bridgehead atoms. The summed E-state index contributed by atoms with van der Waals surface area (Å²) in [6.07, 6.45) is -2.70. The predicted molar refractivity (Wildman–Crippen MR) is 34.9 cm³/mol. The van der Waals surface area contributed by atoms with E-state index in [0.29, 0.717) is 0 Å². The van der Waals surface area contributed by atoms with Crippen molar-refractivity contribution in [3.63, 3.8) is 0 Å². The second-order valence-electron chi connectivity index (χ2n) is 2.66.